The van der Waals surface area contributed by atoms with Crippen molar-refractivity contribution in [3.63, 3.8) is 0 Å². The van der Waals surface area contributed by atoms with E-state index in [9.17, 15) is 14.4 Å². The Morgan fingerprint density at radius 1 is 1.05 bits per heavy atom. The number of carbonyl (C=O) groups is 3. The van der Waals surface area contributed by atoms with Gasteiger partial charge >= 0.3 is 0 Å². The van der Waals surface area contributed by atoms with E-state index in [1.54, 1.807) is 38.4 Å². The number of thioether (sulfide) groups is 1. The van der Waals surface area contributed by atoms with E-state index in [-0.39, 0.29) is 30.5 Å². The molecule has 5 atom stereocenters. The molecule has 44 heavy (non-hydrogen) atoms. The first-order valence-corrected chi connectivity index (χ1v) is 18.9. The zero-order valence-electron chi connectivity index (χ0n) is 26.6. The lowest BCUT2D eigenvalue weighted by molar-refractivity contribution is -0.187. The maximum atomic E-state index is 13.9. The number of hydrogen-bond acceptors (Lipinski definition) is 9. The summed E-state index contributed by atoms with van der Waals surface area (Å²) in [5.74, 6) is 0.220. The summed E-state index contributed by atoms with van der Waals surface area (Å²) in [4.78, 5) is 41.3. The zero-order valence-corrected chi connectivity index (χ0v) is 28.4. The fourth-order valence-corrected chi connectivity index (χ4v) is 7.67. The average molecular weight is 644 g/mol. The Kier molecular flexibility index (Phi) is 11.0. The molecule has 0 unspecified atom stereocenters. The number of nitrogens with zero attached hydrogens (tertiary/aromatic N) is 1. The van der Waals surface area contributed by atoms with Gasteiger partial charge in [-0.2, -0.15) is 0 Å². The molecule has 2 aromatic rings. The SMILES string of the molecule is CNC(=O)CCS[C@@H]1O[C@H](CN)[C@@H](OCc2ccc(OC)cc2)[C@H](O[Si](C)(C)C(C)(C)C)[C@H]1N1C(=O)c2ccccc2C1=O. The van der Waals surface area contributed by atoms with Gasteiger partial charge in [0.1, 0.15) is 29.4 Å². The third kappa shape index (κ3) is 7.21. The van der Waals surface area contributed by atoms with Crippen molar-refractivity contribution < 1.29 is 33.0 Å². The summed E-state index contributed by atoms with van der Waals surface area (Å²) in [6.07, 6.45) is -1.78. The molecule has 3 N–H and O–H groups in total. The first kappa shape index (κ1) is 34.1. The smallest absolute Gasteiger partial charge is 0.262 e. The van der Waals surface area contributed by atoms with E-state index in [2.05, 4.69) is 39.2 Å². The number of amides is 3. The highest BCUT2D eigenvalue weighted by Crippen LogP contribution is 2.43. The maximum Gasteiger partial charge on any atom is 0.262 e. The number of methoxy groups -OCH3 is 1. The van der Waals surface area contributed by atoms with Gasteiger partial charge in [-0.15, -0.1) is 11.8 Å². The van der Waals surface area contributed by atoms with Crippen LogP contribution in [-0.2, 0) is 25.3 Å². The molecule has 240 valence electrons. The van der Waals surface area contributed by atoms with Crippen LogP contribution in [0.5, 0.6) is 5.75 Å². The van der Waals surface area contributed by atoms with Crippen LogP contribution in [0.2, 0.25) is 18.1 Å². The van der Waals surface area contributed by atoms with E-state index < -0.39 is 49.9 Å². The lowest BCUT2D eigenvalue weighted by atomic mass is 9.96. The van der Waals surface area contributed by atoms with Crippen molar-refractivity contribution in [3.05, 3.63) is 65.2 Å². The quantitative estimate of drug-likeness (QED) is 0.258. The highest BCUT2D eigenvalue weighted by Gasteiger charge is 2.56. The number of fused-ring (bicyclic) bond motifs is 1. The number of nitrogens with one attached hydrogen (secondary N) is 1. The molecule has 0 bridgehead atoms. The summed E-state index contributed by atoms with van der Waals surface area (Å²) in [6, 6.07) is 13.5. The highest BCUT2D eigenvalue weighted by molar-refractivity contribution is 7.99. The van der Waals surface area contributed by atoms with Gasteiger partial charge in [0, 0.05) is 25.8 Å². The Morgan fingerprint density at radius 2 is 1.66 bits per heavy atom. The first-order valence-electron chi connectivity index (χ1n) is 14.9. The van der Waals surface area contributed by atoms with Gasteiger partial charge in [-0.25, -0.2) is 0 Å². The maximum absolute atomic E-state index is 13.9. The van der Waals surface area contributed by atoms with Gasteiger partial charge in [-0.3, -0.25) is 19.3 Å². The number of rotatable bonds is 12. The predicted molar refractivity (Wildman–Crippen MR) is 173 cm³/mol. The zero-order chi connectivity index (χ0) is 32.2. The molecule has 2 heterocycles. The van der Waals surface area contributed by atoms with Gasteiger partial charge in [0.15, 0.2) is 8.32 Å². The van der Waals surface area contributed by atoms with Crippen molar-refractivity contribution in [3.8, 4) is 5.75 Å². The molecular formula is C32H45N3O7SSi. The Balaban J connectivity index is 1.77. The van der Waals surface area contributed by atoms with Crippen LogP contribution in [0.25, 0.3) is 0 Å². The molecule has 0 saturated carbocycles. The third-order valence-electron chi connectivity index (χ3n) is 8.70. The molecule has 2 aliphatic heterocycles. The molecule has 1 saturated heterocycles. The minimum atomic E-state index is -2.51. The predicted octanol–water partition coefficient (Wildman–Crippen LogP) is 4.19. The number of benzene rings is 2. The molecule has 2 aromatic carbocycles. The average Bonchev–Trinajstić information content (AvgIpc) is 3.24. The summed E-state index contributed by atoms with van der Waals surface area (Å²) >= 11 is 1.38. The van der Waals surface area contributed by atoms with Crippen molar-refractivity contribution in [2.75, 3.05) is 26.5 Å². The number of hydrogen-bond donors (Lipinski definition) is 2. The molecule has 12 heteroatoms. The topological polar surface area (TPSA) is 129 Å². The van der Waals surface area contributed by atoms with Gasteiger partial charge in [0.2, 0.25) is 5.91 Å². The van der Waals surface area contributed by atoms with Crippen molar-refractivity contribution in [1.82, 2.24) is 10.2 Å². The molecule has 0 spiro atoms. The Bertz CT molecular complexity index is 1300. The molecule has 2 aliphatic rings. The molecule has 4 rings (SSSR count). The van der Waals surface area contributed by atoms with E-state index in [1.165, 1.54) is 16.7 Å². The number of ether oxygens (including phenoxy) is 3. The van der Waals surface area contributed by atoms with Crippen molar-refractivity contribution in [2.24, 2.45) is 5.73 Å². The fourth-order valence-electron chi connectivity index (χ4n) is 5.13. The van der Waals surface area contributed by atoms with E-state index in [1.807, 2.05) is 24.3 Å². The highest BCUT2D eigenvalue weighted by atomic mass is 32.2. The van der Waals surface area contributed by atoms with Crippen LogP contribution in [0, 0.1) is 0 Å². The van der Waals surface area contributed by atoms with Gasteiger partial charge in [-0.05, 0) is 48.0 Å². The van der Waals surface area contributed by atoms with E-state index in [0.717, 1.165) is 11.3 Å². The molecular weight excluding hydrogens is 599 g/mol. The second-order valence-electron chi connectivity index (χ2n) is 12.6. The van der Waals surface area contributed by atoms with E-state index in [4.69, 9.17) is 24.4 Å². The summed E-state index contributed by atoms with van der Waals surface area (Å²) in [7, 11) is 0.687. The van der Waals surface area contributed by atoms with Crippen LogP contribution >= 0.6 is 11.8 Å². The van der Waals surface area contributed by atoms with Crippen LogP contribution in [0.15, 0.2) is 48.5 Å². The van der Waals surface area contributed by atoms with Gasteiger partial charge in [0.05, 0.1) is 30.9 Å². The summed E-state index contributed by atoms with van der Waals surface area (Å²) in [5.41, 5.74) is 7.20. The lowest BCUT2D eigenvalue weighted by Crippen LogP contribution is -2.68. The standard InChI is InChI=1S/C32H45N3O7SSi/c1-32(2,3)44(6,7)42-28-26(35-29(37)22-10-8-9-11-23(22)30(35)38)31(43-17-16-25(36)34-4)41-24(18-33)27(28)40-19-20-12-14-21(39-5)15-13-20/h8-15,24,26-28,31H,16-19,33H2,1-7H3,(H,34,36)/t24-,26-,27-,28-,31+/m1/s1. The second kappa shape index (κ2) is 14.1. The van der Waals surface area contributed by atoms with Crippen LogP contribution in [0.1, 0.15) is 53.5 Å². The minimum Gasteiger partial charge on any atom is -0.497 e. The van der Waals surface area contributed by atoms with Crippen molar-refractivity contribution in [2.45, 2.75) is 81.7 Å². The molecule has 3 amide bonds. The normalized spacial score (nSPS) is 23.9. The lowest BCUT2D eigenvalue weighted by Gasteiger charge is -2.52. The molecule has 0 aromatic heterocycles. The van der Waals surface area contributed by atoms with Crippen LogP contribution in [-0.4, -0.2) is 87.2 Å². The monoisotopic (exact) mass is 643 g/mol. The summed E-state index contributed by atoms with van der Waals surface area (Å²) in [6.45, 7) is 11.0. The Morgan fingerprint density at radius 3 is 2.18 bits per heavy atom. The number of carbonyl (C=O) groups excluding carboxylic acids is 3. The van der Waals surface area contributed by atoms with Gasteiger partial charge in [-0.1, -0.05) is 45.0 Å². The van der Waals surface area contributed by atoms with Crippen molar-refractivity contribution in [1.29, 1.82) is 0 Å². The first-order chi connectivity index (χ1) is 20.8. The van der Waals surface area contributed by atoms with E-state index >= 15 is 0 Å². The summed E-state index contributed by atoms with van der Waals surface area (Å²) in [5, 5.41) is 2.46. The molecule has 0 aliphatic carbocycles. The van der Waals surface area contributed by atoms with E-state index in [0.29, 0.717) is 16.9 Å². The largest absolute Gasteiger partial charge is 0.497 e. The molecule has 0 radical (unpaired) electrons. The van der Waals surface area contributed by atoms with Crippen LogP contribution in [0.4, 0.5) is 0 Å². The number of nitrogens with two attached hydrogens (primary N) is 1. The minimum absolute atomic E-state index is 0.115. The second-order valence-corrected chi connectivity index (χ2v) is 18.5. The van der Waals surface area contributed by atoms with Crippen LogP contribution < -0.4 is 15.8 Å². The fraction of sp³-hybridized carbons (Fsp3) is 0.531. The van der Waals surface area contributed by atoms with Crippen molar-refractivity contribution >= 4 is 37.8 Å². The Labute approximate surface area is 265 Å². The summed E-state index contributed by atoms with van der Waals surface area (Å²) < 4.78 is 25.6. The van der Waals surface area contributed by atoms with Gasteiger partial charge < -0.3 is 29.7 Å². The third-order valence-corrected chi connectivity index (χ3v) is 14.3. The molecule has 1 fully saturated rings. The van der Waals surface area contributed by atoms with Gasteiger partial charge in [0.25, 0.3) is 11.8 Å². The van der Waals surface area contributed by atoms with Crippen LogP contribution in [0.3, 0.4) is 0 Å². The number of imide groups is 1. The molecule has 10 nitrogen and oxygen atoms in total. The Hall–Kier alpha value is -2.74.